The van der Waals surface area contributed by atoms with Crippen LogP contribution in [-0.4, -0.2) is 107 Å². The Morgan fingerprint density at radius 3 is 2.31 bits per heavy atom. The molecule has 2 saturated heterocycles. The second-order valence-electron chi connectivity index (χ2n) is 12.9. The Hall–Kier alpha value is -5.01. The van der Waals surface area contributed by atoms with Crippen molar-refractivity contribution >= 4 is 17.7 Å². The Kier molecular flexibility index (Phi) is 11.5. The summed E-state index contributed by atoms with van der Waals surface area (Å²) in [5.41, 5.74) is -0.00740. The molecule has 6 aliphatic rings. The maximum atomic E-state index is 14.1. The van der Waals surface area contributed by atoms with Gasteiger partial charge in [0.2, 0.25) is 5.91 Å². The van der Waals surface area contributed by atoms with Crippen LogP contribution in [0.3, 0.4) is 0 Å². The zero-order valence-electron chi connectivity index (χ0n) is 29.4. The number of ether oxygens (including phenoxy) is 6. The number of rotatable bonds is 6. The summed E-state index contributed by atoms with van der Waals surface area (Å²) in [7, 11) is 4.73. The number of methoxy groups -OCH3 is 3. The molecule has 2 N–H and O–H groups in total. The minimum Gasteiger partial charge on any atom is -0.493 e. The van der Waals surface area contributed by atoms with Gasteiger partial charge < -0.3 is 48.9 Å². The van der Waals surface area contributed by atoms with Crippen LogP contribution >= 0.6 is 0 Å². The molecule has 2 fully saturated rings. The lowest BCUT2D eigenvalue weighted by molar-refractivity contribution is -0.148. The summed E-state index contributed by atoms with van der Waals surface area (Å²) in [5, 5.41) is 5.94. The lowest BCUT2D eigenvalue weighted by atomic mass is 9.89. The summed E-state index contributed by atoms with van der Waals surface area (Å²) >= 11 is 0. The van der Waals surface area contributed by atoms with Crippen LogP contribution in [0.25, 0.3) is 0 Å². The number of carbonyl (C=O) groups excluding carboxylic acids is 3. The topological polar surface area (TPSA) is 137 Å². The van der Waals surface area contributed by atoms with Gasteiger partial charge in [0.1, 0.15) is 18.1 Å². The molecule has 6 heterocycles. The molecule has 3 aromatic rings. The summed E-state index contributed by atoms with van der Waals surface area (Å²) in [5.74, 6) is 2.27. The predicted molar refractivity (Wildman–Crippen MR) is 188 cm³/mol. The Bertz CT molecular complexity index is 1690. The molecule has 272 valence electrons. The van der Waals surface area contributed by atoms with E-state index in [1.807, 2.05) is 11.0 Å². The van der Waals surface area contributed by atoms with Gasteiger partial charge in [-0.15, -0.1) is 0 Å². The van der Waals surface area contributed by atoms with E-state index in [0.29, 0.717) is 79.1 Å². The third kappa shape index (κ3) is 8.49. The Balaban J connectivity index is 1.22. The number of likely N-dealkylation sites (tertiary alicyclic amines) is 2. The summed E-state index contributed by atoms with van der Waals surface area (Å²) in [6.07, 6.45) is 1.48. The number of hydrogen-bond donors (Lipinski definition) is 2. The first-order valence-corrected chi connectivity index (χ1v) is 17.3. The van der Waals surface area contributed by atoms with Gasteiger partial charge in [0.05, 0.1) is 33.3 Å². The van der Waals surface area contributed by atoms with E-state index in [4.69, 9.17) is 28.4 Å². The minimum atomic E-state index is -1.20. The van der Waals surface area contributed by atoms with Crippen LogP contribution in [0.15, 0.2) is 60.7 Å². The standard InChI is InChI=1S/C38H46N4O9/c1-46-21-19-41-16-12-28(25-41)36(44)42-17-13-38(14-18-42)37(45)40-24-26-4-10-31(33(22-26)47-2)50-32-11-5-27(23-34(32)48-3)35(43)39-15-20-49-29-6-8-30(51-38)9-7-29/h4-11,22-23,28H,12-21,24-25H2,1-3H3,(H,39,43)(H,40,45). The fourth-order valence-corrected chi connectivity index (χ4v) is 6.71. The van der Waals surface area contributed by atoms with Crippen molar-refractivity contribution in [3.05, 3.63) is 71.8 Å². The first-order chi connectivity index (χ1) is 24.8. The molecule has 0 saturated carbocycles. The monoisotopic (exact) mass is 702 g/mol. The van der Waals surface area contributed by atoms with E-state index >= 15 is 0 Å². The normalized spacial score (nSPS) is 19.5. The van der Waals surface area contributed by atoms with Gasteiger partial charge in [0, 0.05) is 58.2 Å². The first-order valence-electron chi connectivity index (χ1n) is 17.3. The van der Waals surface area contributed by atoms with Gasteiger partial charge in [-0.05, 0) is 73.1 Å². The van der Waals surface area contributed by atoms with Crippen molar-refractivity contribution in [2.45, 2.75) is 31.4 Å². The number of piperidine rings is 1. The number of nitrogens with zero attached hydrogens (tertiary/aromatic N) is 2. The molecule has 1 unspecified atom stereocenters. The molecule has 3 aromatic carbocycles. The van der Waals surface area contributed by atoms with Crippen molar-refractivity contribution in [2.24, 2.45) is 5.92 Å². The van der Waals surface area contributed by atoms with Gasteiger partial charge >= 0.3 is 0 Å². The predicted octanol–water partition coefficient (Wildman–Crippen LogP) is 3.64. The van der Waals surface area contributed by atoms with Crippen LogP contribution in [0.1, 0.15) is 35.2 Å². The van der Waals surface area contributed by atoms with Crippen molar-refractivity contribution in [1.29, 1.82) is 0 Å². The van der Waals surface area contributed by atoms with E-state index in [1.165, 1.54) is 14.2 Å². The molecule has 6 aliphatic heterocycles. The van der Waals surface area contributed by atoms with Crippen LogP contribution in [0.5, 0.6) is 34.5 Å². The van der Waals surface area contributed by atoms with E-state index in [2.05, 4.69) is 15.5 Å². The van der Waals surface area contributed by atoms with Gasteiger partial charge in [0.25, 0.3) is 11.8 Å². The molecule has 51 heavy (non-hydrogen) atoms. The fourth-order valence-electron chi connectivity index (χ4n) is 6.71. The van der Waals surface area contributed by atoms with E-state index < -0.39 is 5.60 Å². The second kappa shape index (κ2) is 16.3. The highest BCUT2D eigenvalue weighted by Gasteiger charge is 2.45. The molecule has 13 heteroatoms. The molecule has 0 aromatic heterocycles. The largest absolute Gasteiger partial charge is 0.493 e. The van der Waals surface area contributed by atoms with Crippen molar-refractivity contribution in [1.82, 2.24) is 20.4 Å². The molecular formula is C38H46N4O9. The third-order valence-electron chi connectivity index (χ3n) is 9.65. The smallest absolute Gasteiger partial charge is 0.264 e. The molecule has 3 amide bonds. The van der Waals surface area contributed by atoms with Crippen molar-refractivity contribution in [2.75, 3.05) is 73.8 Å². The SMILES string of the molecule is COCCN1CCC(C(=O)N2CCC3(CC2)Oc2ccc(cc2)OCCNC(=O)c2ccc(c(OC)c2)Oc2ccc(cc2OC)CNC3=O)C1. The molecule has 0 radical (unpaired) electrons. The van der Waals surface area contributed by atoms with Gasteiger partial charge in [-0.25, -0.2) is 0 Å². The number of nitrogens with one attached hydrogen (secondary N) is 2. The average molecular weight is 703 g/mol. The highest BCUT2D eigenvalue weighted by Crippen LogP contribution is 2.38. The number of amides is 3. The van der Waals surface area contributed by atoms with Gasteiger partial charge in [0.15, 0.2) is 28.6 Å². The van der Waals surface area contributed by atoms with E-state index in [0.717, 1.165) is 25.1 Å². The lowest BCUT2D eigenvalue weighted by Crippen LogP contribution is -2.58. The van der Waals surface area contributed by atoms with E-state index in [-0.39, 0.29) is 43.3 Å². The average Bonchev–Trinajstić information content (AvgIpc) is 3.64. The number of carbonyl (C=O) groups is 3. The van der Waals surface area contributed by atoms with Gasteiger partial charge in [-0.2, -0.15) is 0 Å². The molecule has 0 aliphatic carbocycles. The molecule has 1 spiro atoms. The molecule has 13 nitrogen and oxygen atoms in total. The van der Waals surface area contributed by atoms with Crippen molar-refractivity contribution < 1.29 is 42.8 Å². The zero-order chi connectivity index (χ0) is 35.8. The Labute approximate surface area is 298 Å². The van der Waals surface area contributed by atoms with Crippen LogP contribution in [0, 0.1) is 5.92 Å². The highest BCUT2D eigenvalue weighted by atomic mass is 16.5. The number of benzene rings is 3. The lowest BCUT2D eigenvalue weighted by Gasteiger charge is -2.41. The first kappa shape index (κ1) is 35.8. The number of fused-ring (bicyclic) bond motifs is 3. The van der Waals surface area contributed by atoms with Crippen LogP contribution in [0.2, 0.25) is 0 Å². The van der Waals surface area contributed by atoms with Gasteiger partial charge in [-0.3, -0.25) is 14.4 Å². The summed E-state index contributed by atoms with van der Waals surface area (Å²) < 4.78 is 34.9. The summed E-state index contributed by atoms with van der Waals surface area (Å²) in [6, 6.07) is 17.4. The Morgan fingerprint density at radius 1 is 0.882 bits per heavy atom. The maximum Gasteiger partial charge on any atom is 0.264 e. The highest BCUT2D eigenvalue weighted by molar-refractivity contribution is 5.95. The van der Waals surface area contributed by atoms with E-state index in [1.54, 1.807) is 61.7 Å². The maximum absolute atomic E-state index is 14.1. The fraction of sp³-hybridized carbons (Fsp3) is 0.447. The van der Waals surface area contributed by atoms with Crippen molar-refractivity contribution in [3.63, 3.8) is 0 Å². The molecule has 1 atom stereocenters. The van der Waals surface area contributed by atoms with Crippen LogP contribution < -0.4 is 34.3 Å². The summed E-state index contributed by atoms with van der Waals surface area (Å²) in [6.45, 7) is 4.55. The van der Waals surface area contributed by atoms with Crippen LogP contribution in [0.4, 0.5) is 0 Å². The minimum absolute atomic E-state index is 0.0642. The number of hydrogen-bond acceptors (Lipinski definition) is 10. The van der Waals surface area contributed by atoms with Crippen LogP contribution in [-0.2, 0) is 20.9 Å². The second-order valence-corrected chi connectivity index (χ2v) is 12.9. The molecule has 6 bridgehead atoms. The molecule has 9 rings (SSSR count). The zero-order valence-corrected chi connectivity index (χ0v) is 29.4. The van der Waals surface area contributed by atoms with Crippen molar-refractivity contribution in [3.8, 4) is 34.5 Å². The third-order valence-corrected chi connectivity index (χ3v) is 9.65. The summed E-state index contributed by atoms with van der Waals surface area (Å²) in [4.78, 5) is 44.6. The van der Waals surface area contributed by atoms with E-state index in [9.17, 15) is 14.4 Å². The quantitative estimate of drug-likeness (QED) is 0.392. The Morgan fingerprint density at radius 2 is 1.59 bits per heavy atom. The molecular weight excluding hydrogens is 656 g/mol. The van der Waals surface area contributed by atoms with Gasteiger partial charge in [-0.1, -0.05) is 6.07 Å².